The van der Waals surface area contributed by atoms with Gasteiger partial charge in [-0.2, -0.15) is 0 Å². The molecule has 1 saturated heterocycles. The Labute approximate surface area is 93.5 Å². The minimum atomic E-state index is 0.867. The zero-order valence-corrected chi connectivity index (χ0v) is 10.5. The number of hydrogen-bond acceptors (Lipinski definition) is 2. The molecular formula is C12H23N3. The Kier molecular flexibility index (Phi) is 4.82. The Morgan fingerprint density at radius 1 is 1.20 bits per heavy atom. The summed E-state index contributed by atoms with van der Waals surface area (Å²) in [5.41, 5.74) is 1.32. The van der Waals surface area contributed by atoms with Crippen molar-refractivity contribution in [1.82, 2.24) is 9.80 Å². The predicted molar refractivity (Wildman–Crippen MR) is 66.5 cm³/mol. The second-order valence-electron chi connectivity index (χ2n) is 4.34. The molecule has 1 fully saturated rings. The lowest BCUT2D eigenvalue weighted by molar-refractivity contribution is 0.216. The summed E-state index contributed by atoms with van der Waals surface area (Å²) < 4.78 is 0. The first-order chi connectivity index (χ1) is 7.13. The van der Waals surface area contributed by atoms with Crippen molar-refractivity contribution in [3.8, 4) is 0 Å². The zero-order valence-electron chi connectivity index (χ0n) is 10.5. The molecule has 3 heteroatoms. The fourth-order valence-corrected chi connectivity index (χ4v) is 1.69. The number of aliphatic imine (C=N–C) groups is 1. The number of allylic oxidation sites excluding steroid dienone is 1. The topological polar surface area (TPSA) is 18.8 Å². The first kappa shape index (κ1) is 12.2. The summed E-state index contributed by atoms with van der Waals surface area (Å²) in [7, 11) is 2.18. The number of hydrogen-bond donors (Lipinski definition) is 0. The van der Waals surface area contributed by atoms with Crippen LogP contribution in [0.2, 0.25) is 0 Å². The molecule has 1 rings (SSSR count). The number of piperazine rings is 1. The van der Waals surface area contributed by atoms with E-state index in [-0.39, 0.29) is 0 Å². The maximum atomic E-state index is 4.56. The van der Waals surface area contributed by atoms with Crippen molar-refractivity contribution < 1.29 is 0 Å². The lowest BCUT2D eigenvalue weighted by Crippen LogP contribution is -2.46. The van der Waals surface area contributed by atoms with Crippen molar-refractivity contribution >= 4 is 5.84 Å². The highest BCUT2D eigenvalue weighted by Gasteiger charge is 2.15. The van der Waals surface area contributed by atoms with Crippen LogP contribution in [0.1, 0.15) is 20.8 Å². The van der Waals surface area contributed by atoms with Crippen LogP contribution in [0.4, 0.5) is 0 Å². The SMILES string of the molecule is CCN=C(C=C(C)C)N1CCN(C)CC1. The Hall–Kier alpha value is -0.830. The van der Waals surface area contributed by atoms with Crippen LogP contribution < -0.4 is 0 Å². The largest absolute Gasteiger partial charge is 0.354 e. The third-order valence-corrected chi connectivity index (χ3v) is 2.57. The molecule has 0 atom stereocenters. The summed E-state index contributed by atoms with van der Waals surface area (Å²) in [4.78, 5) is 9.31. The van der Waals surface area contributed by atoms with E-state index in [1.54, 1.807) is 0 Å². The van der Waals surface area contributed by atoms with Crippen LogP contribution in [0, 0.1) is 0 Å². The van der Waals surface area contributed by atoms with Crippen LogP contribution in [0.15, 0.2) is 16.6 Å². The van der Waals surface area contributed by atoms with E-state index < -0.39 is 0 Å². The van der Waals surface area contributed by atoms with Gasteiger partial charge in [0.1, 0.15) is 5.84 Å². The van der Waals surface area contributed by atoms with Crippen molar-refractivity contribution in [3.63, 3.8) is 0 Å². The second-order valence-corrected chi connectivity index (χ2v) is 4.34. The average molecular weight is 209 g/mol. The number of nitrogens with zero attached hydrogens (tertiary/aromatic N) is 3. The molecule has 0 amide bonds. The molecule has 0 unspecified atom stereocenters. The van der Waals surface area contributed by atoms with Gasteiger partial charge in [0.05, 0.1) is 0 Å². The highest BCUT2D eigenvalue weighted by atomic mass is 15.3. The minimum Gasteiger partial charge on any atom is -0.354 e. The molecule has 0 aromatic heterocycles. The summed E-state index contributed by atoms with van der Waals surface area (Å²) in [6, 6.07) is 0. The van der Waals surface area contributed by atoms with Gasteiger partial charge in [0.25, 0.3) is 0 Å². The summed E-state index contributed by atoms with van der Waals surface area (Å²) in [5.74, 6) is 1.16. The van der Waals surface area contributed by atoms with Crippen molar-refractivity contribution in [3.05, 3.63) is 11.6 Å². The lowest BCUT2D eigenvalue weighted by Gasteiger charge is -2.34. The second kappa shape index (κ2) is 5.91. The van der Waals surface area contributed by atoms with E-state index in [0.717, 1.165) is 38.6 Å². The lowest BCUT2D eigenvalue weighted by atomic mass is 10.2. The van der Waals surface area contributed by atoms with Gasteiger partial charge >= 0.3 is 0 Å². The maximum Gasteiger partial charge on any atom is 0.123 e. The summed E-state index contributed by atoms with van der Waals surface area (Å²) in [5, 5.41) is 0. The molecule has 1 aliphatic heterocycles. The number of amidine groups is 1. The van der Waals surface area contributed by atoms with Crippen molar-refractivity contribution in [2.45, 2.75) is 20.8 Å². The van der Waals surface area contributed by atoms with Crippen molar-refractivity contribution in [2.75, 3.05) is 39.8 Å². The van der Waals surface area contributed by atoms with Gasteiger partial charge in [0.15, 0.2) is 0 Å². The van der Waals surface area contributed by atoms with Gasteiger partial charge in [0.2, 0.25) is 0 Å². The predicted octanol–water partition coefficient (Wildman–Crippen LogP) is 1.62. The van der Waals surface area contributed by atoms with Gasteiger partial charge < -0.3 is 9.80 Å². The van der Waals surface area contributed by atoms with Gasteiger partial charge in [0, 0.05) is 32.7 Å². The summed E-state index contributed by atoms with van der Waals surface area (Å²) in [6.45, 7) is 11.7. The monoisotopic (exact) mass is 209 g/mol. The minimum absolute atomic E-state index is 0.867. The first-order valence-corrected chi connectivity index (χ1v) is 5.76. The van der Waals surface area contributed by atoms with E-state index >= 15 is 0 Å². The van der Waals surface area contributed by atoms with E-state index in [1.807, 2.05) is 0 Å². The third kappa shape index (κ3) is 4.04. The van der Waals surface area contributed by atoms with Gasteiger partial charge in [-0.1, -0.05) is 5.57 Å². The number of likely N-dealkylation sites (N-methyl/N-ethyl adjacent to an activating group) is 1. The van der Waals surface area contributed by atoms with Crippen LogP contribution in [0.3, 0.4) is 0 Å². The molecule has 0 aliphatic carbocycles. The standard InChI is InChI=1S/C12H23N3/c1-5-13-12(10-11(2)3)15-8-6-14(4)7-9-15/h10H,5-9H2,1-4H3. The highest BCUT2D eigenvalue weighted by Crippen LogP contribution is 2.04. The molecule has 0 aromatic carbocycles. The Balaban J connectivity index is 2.65. The quantitative estimate of drug-likeness (QED) is 0.508. The molecule has 86 valence electrons. The molecule has 0 radical (unpaired) electrons. The molecule has 0 bridgehead atoms. The Bertz CT molecular complexity index is 244. The van der Waals surface area contributed by atoms with E-state index in [2.05, 4.69) is 48.7 Å². The van der Waals surface area contributed by atoms with Gasteiger partial charge in [-0.05, 0) is 33.9 Å². The zero-order chi connectivity index (χ0) is 11.3. The Morgan fingerprint density at radius 2 is 1.80 bits per heavy atom. The molecule has 0 N–H and O–H groups in total. The fraction of sp³-hybridized carbons (Fsp3) is 0.750. The van der Waals surface area contributed by atoms with E-state index in [1.165, 1.54) is 5.57 Å². The van der Waals surface area contributed by atoms with E-state index in [4.69, 9.17) is 0 Å². The van der Waals surface area contributed by atoms with Gasteiger partial charge in [-0.3, -0.25) is 4.99 Å². The van der Waals surface area contributed by atoms with Crippen LogP contribution in [-0.2, 0) is 0 Å². The average Bonchev–Trinajstić information content (AvgIpc) is 2.17. The first-order valence-electron chi connectivity index (χ1n) is 5.76. The maximum absolute atomic E-state index is 4.56. The van der Waals surface area contributed by atoms with E-state index in [9.17, 15) is 0 Å². The van der Waals surface area contributed by atoms with Crippen molar-refractivity contribution in [2.24, 2.45) is 4.99 Å². The van der Waals surface area contributed by atoms with Crippen LogP contribution in [0.5, 0.6) is 0 Å². The molecule has 0 saturated carbocycles. The van der Waals surface area contributed by atoms with Gasteiger partial charge in [-0.25, -0.2) is 0 Å². The Morgan fingerprint density at radius 3 is 2.27 bits per heavy atom. The van der Waals surface area contributed by atoms with E-state index in [0.29, 0.717) is 0 Å². The molecule has 0 aromatic rings. The molecule has 0 spiro atoms. The van der Waals surface area contributed by atoms with Gasteiger partial charge in [-0.15, -0.1) is 0 Å². The van der Waals surface area contributed by atoms with Crippen LogP contribution in [-0.4, -0.2) is 55.4 Å². The molecular weight excluding hydrogens is 186 g/mol. The normalized spacial score (nSPS) is 19.2. The highest BCUT2D eigenvalue weighted by molar-refractivity contribution is 5.93. The summed E-state index contributed by atoms with van der Waals surface area (Å²) >= 11 is 0. The third-order valence-electron chi connectivity index (χ3n) is 2.57. The molecule has 1 heterocycles. The molecule has 3 nitrogen and oxygen atoms in total. The smallest absolute Gasteiger partial charge is 0.123 e. The molecule has 1 aliphatic rings. The van der Waals surface area contributed by atoms with Crippen LogP contribution in [0.25, 0.3) is 0 Å². The summed E-state index contributed by atoms with van der Waals surface area (Å²) in [6.07, 6.45) is 2.19. The van der Waals surface area contributed by atoms with Crippen LogP contribution >= 0.6 is 0 Å². The van der Waals surface area contributed by atoms with Crippen molar-refractivity contribution in [1.29, 1.82) is 0 Å². The molecule has 15 heavy (non-hydrogen) atoms. The number of rotatable bonds is 2. The fourth-order valence-electron chi connectivity index (χ4n) is 1.69.